The summed E-state index contributed by atoms with van der Waals surface area (Å²) in [5, 5.41) is 0. The maximum Gasteiger partial charge on any atom is 0.0574 e. The minimum atomic E-state index is 0.394. The number of piperidine rings is 1. The molecule has 0 saturated carbocycles. The van der Waals surface area contributed by atoms with Crippen LogP contribution in [0.1, 0.15) is 32.1 Å². The Kier molecular flexibility index (Phi) is 1.66. The van der Waals surface area contributed by atoms with Gasteiger partial charge < -0.3 is 5.73 Å². The summed E-state index contributed by atoms with van der Waals surface area (Å²) < 4.78 is 0. The maximum absolute atomic E-state index is 5.92. The Morgan fingerprint density at radius 2 is 2.00 bits per heavy atom. The minimum Gasteiger partial charge on any atom is -0.316 e. The van der Waals surface area contributed by atoms with E-state index < -0.39 is 0 Å². The average Bonchev–Trinajstić information content (AvgIpc) is 2.34. The van der Waals surface area contributed by atoms with Gasteiger partial charge in [-0.25, -0.2) is 0 Å². The van der Waals surface area contributed by atoms with Gasteiger partial charge in [-0.05, 0) is 32.2 Å². The Balaban J connectivity index is 2.01. The van der Waals surface area contributed by atoms with Gasteiger partial charge in [0.1, 0.15) is 0 Å². The maximum atomic E-state index is 5.92. The minimum absolute atomic E-state index is 0.394. The molecular formula is C8H16N2. The van der Waals surface area contributed by atoms with Crippen LogP contribution in [0.4, 0.5) is 0 Å². The zero-order valence-electron chi connectivity index (χ0n) is 6.42. The second-order valence-electron chi connectivity index (χ2n) is 3.53. The summed E-state index contributed by atoms with van der Waals surface area (Å²) in [4.78, 5) is 2.49. The summed E-state index contributed by atoms with van der Waals surface area (Å²) in [6.45, 7) is 1.26. The first-order valence-corrected chi connectivity index (χ1v) is 4.39. The second-order valence-corrected chi connectivity index (χ2v) is 3.53. The van der Waals surface area contributed by atoms with E-state index in [0.717, 1.165) is 6.04 Å². The van der Waals surface area contributed by atoms with Crippen LogP contribution in [0.5, 0.6) is 0 Å². The van der Waals surface area contributed by atoms with Crippen molar-refractivity contribution in [3.8, 4) is 0 Å². The van der Waals surface area contributed by atoms with Gasteiger partial charge in [-0.2, -0.15) is 0 Å². The van der Waals surface area contributed by atoms with Crippen molar-refractivity contribution in [3.63, 3.8) is 0 Å². The number of nitrogens with zero attached hydrogens (tertiary/aromatic N) is 1. The van der Waals surface area contributed by atoms with Gasteiger partial charge >= 0.3 is 0 Å². The third kappa shape index (κ3) is 0.956. The van der Waals surface area contributed by atoms with Gasteiger partial charge in [-0.1, -0.05) is 6.42 Å². The molecule has 2 fully saturated rings. The van der Waals surface area contributed by atoms with Crippen LogP contribution >= 0.6 is 0 Å². The lowest BCUT2D eigenvalue weighted by molar-refractivity contribution is 0.152. The van der Waals surface area contributed by atoms with Gasteiger partial charge in [0.2, 0.25) is 0 Å². The summed E-state index contributed by atoms with van der Waals surface area (Å²) in [6, 6.07) is 0.851. The number of fused-ring (bicyclic) bond motifs is 1. The summed E-state index contributed by atoms with van der Waals surface area (Å²) >= 11 is 0. The molecule has 2 saturated heterocycles. The molecule has 10 heavy (non-hydrogen) atoms. The van der Waals surface area contributed by atoms with Crippen LogP contribution in [0.25, 0.3) is 0 Å². The predicted molar refractivity (Wildman–Crippen MR) is 41.6 cm³/mol. The van der Waals surface area contributed by atoms with Gasteiger partial charge in [0, 0.05) is 6.04 Å². The molecule has 2 atom stereocenters. The molecule has 2 nitrogen and oxygen atoms in total. The molecule has 58 valence electrons. The zero-order valence-corrected chi connectivity index (χ0v) is 6.42. The van der Waals surface area contributed by atoms with Gasteiger partial charge in [-0.15, -0.1) is 0 Å². The zero-order chi connectivity index (χ0) is 6.97. The van der Waals surface area contributed by atoms with Gasteiger partial charge in [0.25, 0.3) is 0 Å². The summed E-state index contributed by atoms with van der Waals surface area (Å²) in [5.74, 6) is 0. The van der Waals surface area contributed by atoms with Crippen molar-refractivity contribution in [2.75, 3.05) is 6.54 Å². The number of nitrogens with two attached hydrogens (primary N) is 1. The van der Waals surface area contributed by atoms with Crippen LogP contribution in [0.2, 0.25) is 0 Å². The molecule has 0 aromatic rings. The van der Waals surface area contributed by atoms with Crippen LogP contribution < -0.4 is 5.73 Å². The van der Waals surface area contributed by atoms with Crippen molar-refractivity contribution < 1.29 is 0 Å². The predicted octanol–water partition coefficient (Wildman–Crippen LogP) is 0.919. The molecular weight excluding hydrogens is 124 g/mol. The SMILES string of the molecule is N[C@H]1CCC2CCCCN21. The Labute approximate surface area is 62.4 Å². The Morgan fingerprint density at radius 3 is 2.80 bits per heavy atom. The molecule has 0 radical (unpaired) electrons. The van der Waals surface area contributed by atoms with Crippen LogP contribution in [0.15, 0.2) is 0 Å². The Morgan fingerprint density at radius 1 is 1.10 bits per heavy atom. The Hall–Kier alpha value is -0.0800. The molecule has 0 amide bonds. The molecule has 1 unspecified atom stereocenters. The molecule has 2 rings (SSSR count). The first-order valence-electron chi connectivity index (χ1n) is 4.39. The van der Waals surface area contributed by atoms with Crippen LogP contribution in [-0.4, -0.2) is 23.7 Å². The highest BCUT2D eigenvalue weighted by atomic mass is 15.3. The van der Waals surface area contributed by atoms with Gasteiger partial charge in [-0.3, -0.25) is 4.90 Å². The second kappa shape index (κ2) is 2.51. The van der Waals surface area contributed by atoms with E-state index in [1.807, 2.05) is 0 Å². The van der Waals surface area contributed by atoms with Crippen molar-refractivity contribution in [2.45, 2.75) is 44.3 Å². The number of hydrogen-bond acceptors (Lipinski definition) is 2. The van der Waals surface area contributed by atoms with E-state index in [4.69, 9.17) is 5.73 Å². The molecule has 2 heterocycles. The van der Waals surface area contributed by atoms with E-state index >= 15 is 0 Å². The largest absolute Gasteiger partial charge is 0.316 e. The molecule has 2 heteroatoms. The highest BCUT2D eigenvalue weighted by Gasteiger charge is 2.32. The van der Waals surface area contributed by atoms with E-state index in [2.05, 4.69) is 4.90 Å². The van der Waals surface area contributed by atoms with Gasteiger partial charge in [0.15, 0.2) is 0 Å². The van der Waals surface area contributed by atoms with Crippen LogP contribution in [-0.2, 0) is 0 Å². The lowest BCUT2D eigenvalue weighted by Crippen LogP contribution is -2.43. The van der Waals surface area contributed by atoms with E-state index in [9.17, 15) is 0 Å². The van der Waals surface area contributed by atoms with Crippen LogP contribution in [0.3, 0.4) is 0 Å². The third-order valence-electron chi connectivity index (χ3n) is 2.89. The van der Waals surface area contributed by atoms with Crippen molar-refractivity contribution in [3.05, 3.63) is 0 Å². The lowest BCUT2D eigenvalue weighted by Gasteiger charge is -2.31. The molecule has 2 aliphatic heterocycles. The number of hydrogen-bond donors (Lipinski definition) is 1. The molecule has 0 aromatic heterocycles. The molecule has 2 aliphatic rings. The van der Waals surface area contributed by atoms with E-state index in [0.29, 0.717) is 6.17 Å². The normalized spacial score (nSPS) is 41.7. The topological polar surface area (TPSA) is 29.3 Å². The molecule has 0 aromatic carbocycles. The standard InChI is InChI=1S/C8H16N2/c9-8-5-4-7-3-1-2-6-10(7)8/h7-8H,1-6,9H2/t7?,8-/m1/s1. The molecule has 2 N–H and O–H groups in total. The van der Waals surface area contributed by atoms with Crippen molar-refractivity contribution in [1.29, 1.82) is 0 Å². The Bertz CT molecular complexity index is 122. The third-order valence-corrected chi connectivity index (χ3v) is 2.89. The van der Waals surface area contributed by atoms with E-state index in [1.165, 1.54) is 38.6 Å². The summed E-state index contributed by atoms with van der Waals surface area (Å²) in [6.07, 6.45) is 7.16. The molecule has 0 bridgehead atoms. The van der Waals surface area contributed by atoms with E-state index in [-0.39, 0.29) is 0 Å². The number of rotatable bonds is 0. The fourth-order valence-corrected chi connectivity index (χ4v) is 2.30. The van der Waals surface area contributed by atoms with Gasteiger partial charge in [0.05, 0.1) is 6.17 Å². The highest BCUT2D eigenvalue weighted by molar-refractivity contribution is 4.86. The van der Waals surface area contributed by atoms with Crippen molar-refractivity contribution in [2.24, 2.45) is 5.73 Å². The quantitative estimate of drug-likeness (QED) is 0.542. The fraction of sp³-hybridized carbons (Fsp3) is 1.00. The smallest absolute Gasteiger partial charge is 0.0574 e. The summed E-state index contributed by atoms with van der Waals surface area (Å²) in [5.41, 5.74) is 5.92. The molecule has 0 aliphatic carbocycles. The lowest BCUT2D eigenvalue weighted by atomic mass is 10.0. The highest BCUT2D eigenvalue weighted by Crippen LogP contribution is 2.28. The van der Waals surface area contributed by atoms with Crippen molar-refractivity contribution >= 4 is 0 Å². The van der Waals surface area contributed by atoms with Crippen LogP contribution in [0, 0.1) is 0 Å². The first kappa shape index (κ1) is 6.62. The molecule has 0 spiro atoms. The van der Waals surface area contributed by atoms with Crippen molar-refractivity contribution in [1.82, 2.24) is 4.90 Å². The first-order chi connectivity index (χ1) is 4.88. The van der Waals surface area contributed by atoms with E-state index in [1.54, 1.807) is 0 Å². The monoisotopic (exact) mass is 140 g/mol. The average molecular weight is 140 g/mol. The summed E-state index contributed by atoms with van der Waals surface area (Å²) in [7, 11) is 0. The fourth-order valence-electron chi connectivity index (χ4n) is 2.30.